The first kappa shape index (κ1) is 20.3. The van der Waals surface area contributed by atoms with E-state index in [-0.39, 0.29) is 18.2 Å². The molecule has 0 aliphatic heterocycles. The van der Waals surface area contributed by atoms with Gasteiger partial charge in [0.05, 0.1) is 0 Å². The van der Waals surface area contributed by atoms with Crippen molar-refractivity contribution in [3.63, 3.8) is 0 Å². The molecule has 0 bridgehead atoms. The largest absolute Gasteiger partial charge is 0.352 e. The van der Waals surface area contributed by atoms with E-state index in [2.05, 4.69) is 17.4 Å². The third-order valence-electron chi connectivity index (χ3n) is 4.74. The molecule has 0 heterocycles. The van der Waals surface area contributed by atoms with Crippen LogP contribution >= 0.6 is 0 Å². The van der Waals surface area contributed by atoms with Crippen molar-refractivity contribution in [2.75, 3.05) is 13.1 Å². The molecule has 2 amide bonds. The molecule has 4 nitrogen and oxygen atoms in total. The molecule has 0 saturated carbocycles. The van der Waals surface area contributed by atoms with Crippen LogP contribution in [0.15, 0.2) is 91.0 Å². The number of carbonyl (C=O) groups excluding carboxylic acids is 2. The lowest BCUT2D eigenvalue weighted by molar-refractivity contribution is -0.131. The predicted octanol–water partition coefficient (Wildman–Crippen LogP) is 4.08. The molecule has 3 rings (SSSR count). The van der Waals surface area contributed by atoms with Crippen LogP contribution in [0.3, 0.4) is 0 Å². The van der Waals surface area contributed by atoms with Crippen LogP contribution in [0.1, 0.15) is 27.9 Å². The van der Waals surface area contributed by atoms with Gasteiger partial charge in [-0.15, -0.1) is 0 Å². The van der Waals surface area contributed by atoms with Crippen molar-refractivity contribution in [3.8, 4) is 0 Å². The second-order valence-corrected chi connectivity index (χ2v) is 6.91. The normalized spacial score (nSPS) is 10.3. The Balaban J connectivity index is 1.56. The summed E-state index contributed by atoms with van der Waals surface area (Å²) in [6.07, 6.45) is 1.08. The molecule has 0 aliphatic rings. The third-order valence-corrected chi connectivity index (χ3v) is 4.74. The van der Waals surface area contributed by atoms with Crippen molar-refractivity contribution in [1.82, 2.24) is 10.2 Å². The maximum atomic E-state index is 12.9. The number of nitrogens with one attached hydrogen (secondary N) is 1. The summed E-state index contributed by atoms with van der Waals surface area (Å²) in [5.41, 5.74) is 2.91. The van der Waals surface area contributed by atoms with Crippen molar-refractivity contribution < 1.29 is 9.59 Å². The highest BCUT2D eigenvalue weighted by Gasteiger charge is 2.15. The second kappa shape index (κ2) is 10.8. The zero-order chi connectivity index (χ0) is 20.3. The Morgan fingerprint density at radius 3 is 1.90 bits per heavy atom. The number of hydrogen-bond donors (Lipinski definition) is 1. The second-order valence-electron chi connectivity index (χ2n) is 6.91. The summed E-state index contributed by atoms with van der Waals surface area (Å²) in [6.45, 7) is 1.53. The van der Waals surface area contributed by atoms with E-state index in [1.807, 2.05) is 71.6 Å². The summed E-state index contributed by atoms with van der Waals surface area (Å²) in [4.78, 5) is 26.9. The summed E-state index contributed by atoms with van der Waals surface area (Å²) in [5, 5.41) is 2.84. The quantitative estimate of drug-likeness (QED) is 0.602. The summed E-state index contributed by atoms with van der Waals surface area (Å²) in [6, 6.07) is 29.2. The van der Waals surface area contributed by atoms with Crippen LogP contribution in [0.25, 0.3) is 0 Å². The smallest absolute Gasteiger partial charge is 0.251 e. The molecule has 3 aromatic rings. The van der Waals surface area contributed by atoms with Crippen LogP contribution in [0.5, 0.6) is 0 Å². The molecule has 0 radical (unpaired) electrons. The first-order valence-electron chi connectivity index (χ1n) is 9.91. The van der Waals surface area contributed by atoms with Crippen LogP contribution in [0, 0.1) is 0 Å². The lowest BCUT2D eigenvalue weighted by Crippen LogP contribution is -2.35. The Bertz CT molecular complexity index is 896. The molecular formula is C25H26N2O2. The summed E-state index contributed by atoms with van der Waals surface area (Å²) < 4.78 is 0. The van der Waals surface area contributed by atoms with Gasteiger partial charge in [0.2, 0.25) is 5.91 Å². The van der Waals surface area contributed by atoms with Crippen molar-refractivity contribution >= 4 is 11.8 Å². The number of hydrogen-bond acceptors (Lipinski definition) is 2. The number of rotatable bonds is 9. The molecule has 0 aromatic heterocycles. The van der Waals surface area contributed by atoms with Gasteiger partial charge in [0.1, 0.15) is 0 Å². The van der Waals surface area contributed by atoms with Gasteiger partial charge in [0, 0.05) is 31.6 Å². The van der Waals surface area contributed by atoms with Crippen LogP contribution in [0.2, 0.25) is 0 Å². The summed E-state index contributed by atoms with van der Waals surface area (Å²) in [5.74, 6) is -0.115. The van der Waals surface area contributed by atoms with Crippen LogP contribution in [-0.2, 0) is 17.8 Å². The van der Waals surface area contributed by atoms with Gasteiger partial charge in [-0.25, -0.2) is 0 Å². The molecule has 0 spiro atoms. The minimum atomic E-state index is -0.155. The Morgan fingerprint density at radius 2 is 1.28 bits per heavy atom. The van der Waals surface area contributed by atoms with Gasteiger partial charge in [-0.3, -0.25) is 9.59 Å². The lowest BCUT2D eigenvalue weighted by atomic mass is 10.1. The van der Waals surface area contributed by atoms with Crippen molar-refractivity contribution in [3.05, 3.63) is 108 Å². The lowest BCUT2D eigenvalue weighted by Gasteiger charge is -2.23. The molecule has 0 saturated heterocycles. The Morgan fingerprint density at radius 1 is 0.724 bits per heavy atom. The van der Waals surface area contributed by atoms with E-state index in [1.54, 1.807) is 12.1 Å². The zero-order valence-corrected chi connectivity index (χ0v) is 16.5. The maximum Gasteiger partial charge on any atom is 0.251 e. The van der Waals surface area contributed by atoms with E-state index in [0.717, 1.165) is 12.0 Å². The van der Waals surface area contributed by atoms with E-state index in [1.165, 1.54) is 5.56 Å². The van der Waals surface area contributed by atoms with Crippen LogP contribution < -0.4 is 5.32 Å². The van der Waals surface area contributed by atoms with Crippen LogP contribution in [0.4, 0.5) is 0 Å². The number of nitrogens with zero attached hydrogens (tertiary/aromatic N) is 1. The summed E-state index contributed by atoms with van der Waals surface area (Å²) in [7, 11) is 0. The van der Waals surface area contributed by atoms with Gasteiger partial charge in [0.25, 0.3) is 5.91 Å². The van der Waals surface area contributed by atoms with Gasteiger partial charge in [-0.1, -0.05) is 78.9 Å². The van der Waals surface area contributed by atoms with E-state index in [4.69, 9.17) is 0 Å². The Kier molecular flexibility index (Phi) is 7.58. The van der Waals surface area contributed by atoms with Gasteiger partial charge in [-0.05, 0) is 29.7 Å². The fraction of sp³-hybridized carbons (Fsp3) is 0.200. The van der Waals surface area contributed by atoms with Gasteiger partial charge < -0.3 is 10.2 Å². The molecule has 1 N–H and O–H groups in total. The SMILES string of the molecule is O=C(NCCC(=O)N(CCc1ccccc1)Cc1ccccc1)c1ccccc1. The highest BCUT2D eigenvalue weighted by Crippen LogP contribution is 2.09. The van der Waals surface area contributed by atoms with Crippen molar-refractivity contribution in [2.24, 2.45) is 0 Å². The topological polar surface area (TPSA) is 49.4 Å². The zero-order valence-electron chi connectivity index (χ0n) is 16.5. The molecule has 0 fully saturated rings. The standard InChI is InChI=1S/C25H26N2O2/c28-24(16-18-26-25(29)23-14-8-3-9-15-23)27(20-22-12-6-2-7-13-22)19-17-21-10-4-1-5-11-21/h1-15H,16-20H2,(H,26,29). The van der Waals surface area contributed by atoms with Crippen LogP contribution in [-0.4, -0.2) is 29.8 Å². The number of benzene rings is 3. The monoisotopic (exact) mass is 386 g/mol. The van der Waals surface area contributed by atoms with E-state index in [0.29, 0.717) is 25.2 Å². The average Bonchev–Trinajstić information content (AvgIpc) is 2.78. The van der Waals surface area contributed by atoms with Crippen molar-refractivity contribution in [1.29, 1.82) is 0 Å². The van der Waals surface area contributed by atoms with Gasteiger partial charge >= 0.3 is 0 Å². The molecule has 0 unspecified atom stereocenters. The molecular weight excluding hydrogens is 360 g/mol. The van der Waals surface area contributed by atoms with Crippen molar-refractivity contribution in [2.45, 2.75) is 19.4 Å². The van der Waals surface area contributed by atoms with Gasteiger partial charge in [-0.2, -0.15) is 0 Å². The van der Waals surface area contributed by atoms with E-state index >= 15 is 0 Å². The minimum Gasteiger partial charge on any atom is -0.352 e. The fourth-order valence-electron chi connectivity index (χ4n) is 3.14. The minimum absolute atomic E-state index is 0.0399. The molecule has 148 valence electrons. The predicted molar refractivity (Wildman–Crippen MR) is 115 cm³/mol. The van der Waals surface area contributed by atoms with E-state index < -0.39 is 0 Å². The average molecular weight is 386 g/mol. The Hall–Kier alpha value is -3.40. The highest BCUT2D eigenvalue weighted by atomic mass is 16.2. The number of carbonyl (C=O) groups is 2. The Labute approximate surface area is 172 Å². The molecule has 4 heteroatoms. The van der Waals surface area contributed by atoms with Gasteiger partial charge in [0.15, 0.2) is 0 Å². The molecule has 3 aromatic carbocycles. The molecule has 0 atom stereocenters. The molecule has 0 aliphatic carbocycles. The number of amides is 2. The molecule has 29 heavy (non-hydrogen) atoms. The first-order valence-corrected chi connectivity index (χ1v) is 9.91. The van der Waals surface area contributed by atoms with E-state index in [9.17, 15) is 9.59 Å². The first-order chi connectivity index (χ1) is 14.2. The summed E-state index contributed by atoms with van der Waals surface area (Å²) >= 11 is 0. The highest BCUT2D eigenvalue weighted by molar-refractivity contribution is 5.94. The fourth-order valence-corrected chi connectivity index (χ4v) is 3.14. The maximum absolute atomic E-state index is 12.9. The third kappa shape index (κ3) is 6.61.